The van der Waals surface area contributed by atoms with Gasteiger partial charge in [0.25, 0.3) is 16.1 Å². The van der Waals surface area contributed by atoms with Crippen molar-refractivity contribution in [2.45, 2.75) is 26.1 Å². The van der Waals surface area contributed by atoms with Crippen molar-refractivity contribution in [1.82, 2.24) is 13.5 Å². The van der Waals surface area contributed by atoms with E-state index in [4.69, 9.17) is 4.74 Å². The second-order valence-electron chi connectivity index (χ2n) is 6.29. The van der Waals surface area contributed by atoms with Gasteiger partial charge in [0.1, 0.15) is 0 Å². The van der Waals surface area contributed by atoms with E-state index in [1.165, 1.54) is 19.9 Å². The minimum atomic E-state index is -3.50. The van der Waals surface area contributed by atoms with Gasteiger partial charge in [0.15, 0.2) is 0 Å². The highest BCUT2D eigenvalue weighted by Gasteiger charge is 2.37. The lowest BCUT2D eigenvalue weighted by Crippen LogP contribution is -2.57. The van der Waals surface area contributed by atoms with E-state index in [1.807, 2.05) is 24.6 Å². The van der Waals surface area contributed by atoms with E-state index in [2.05, 4.69) is 0 Å². The van der Waals surface area contributed by atoms with Gasteiger partial charge >= 0.3 is 0 Å². The van der Waals surface area contributed by atoms with Crippen molar-refractivity contribution in [3.05, 3.63) is 22.4 Å². The van der Waals surface area contributed by atoms with Crippen LogP contribution in [0.5, 0.6) is 0 Å². The molecule has 0 aliphatic carbocycles. The number of hydrogen-bond acceptors (Lipinski definition) is 5. The number of piperazine rings is 1. The van der Waals surface area contributed by atoms with E-state index < -0.39 is 10.2 Å². The van der Waals surface area contributed by atoms with E-state index in [0.717, 1.165) is 0 Å². The minimum absolute atomic E-state index is 0.0260. The van der Waals surface area contributed by atoms with Crippen molar-refractivity contribution in [1.29, 1.82) is 0 Å². The quantitative estimate of drug-likeness (QED) is 0.788. The van der Waals surface area contributed by atoms with Gasteiger partial charge in [0.2, 0.25) is 0 Å². The topological polar surface area (TPSA) is 70.2 Å². The van der Waals surface area contributed by atoms with Crippen LogP contribution in [0.2, 0.25) is 0 Å². The lowest BCUT2D eigenvalue weighted by molar-refractivity contribution is -0.0457. The molecule has 1 amide bonds. The van der Waals surface area contributed by atoms with E-state index >= 15 is 0 Å². The fourth-order valence-electron chi connectivity index (χ4n) is 3.17. The summed E-state index contributed by atoms with van der Waals surface area (Å²) >= 11 is 1.48. The molecule has 134 valence electrons. The normalized spacial score (nSPS) is 27.3. The van der Waals surface area contributed by atoms with Gasteiger partial charge in [-0.2, -0.15) is 28.4 Å². The molecule has 1 aromatic rings. The number of thiophene rings is 1. The zero-order chi connectivity index (χ0) is 17.3. The molecule has 2 atom stereocenters. The molecule has 2 saturated heterocycles. The van der Waals surface area contributed by atoms with Gasteiger partial charge in [-0.05, 0) is 25.3 Å². The lowest BCUT2D eigenvalue weighted by Gasteiger charge is -2.40. The average molecular weight is 374 g/mol. The van der Waals surface area contributed by atoms with E-state index in [1.54, 1.807) is 11.0 Å². The third-order valence-corrected chi connectivity index (χ3v) is 6.98. The molecule has 0 N–H and O–H groups in total. The maximum Gasteiger partial charge on any atom is 0.282 e. The number of carbonyl (C=O) groups excluding carboxylic acids is 1. The Kier molecular flexibility index (Phi) is 5.26. The van der Waals surface area contributed by atoms with Crippen LogP contribution in [0.4, 0.5) is 0 Å². The SMILES string of the molecule is CC1CN(S(=O)(=O)N2CCN(C(=O)c3ccsc3)CC2)CC(C)O1. The summed E-state index contributed by atoms with van der Waals surface area (Å²) in [6, 6.07) is 1.80. The molecule has 9 heteroatoms. The summed E-state index contributed by atoms with van der Waals surface area (Å²) in [4.78, 5) is 14.1. The maximum atomic E-state index is 12.8. The van der Waals surface area contributed by atoms with Crippen LogP contribution in [0.15, 0.2) is 16.8 Å². The Hall–Kier alpha value is -1.00. The smallest absolute Gasteiger partial charge is 0.282 e. The van der Waals surface area contributed by atoms with Crippen molar-refractivity contribution < 1.29 is 17.9 Å². The first-order valence-electron chi connectivity index (χ1n) is 8.10. The Labute approximate surface area is 147 Å². The summed E-state index contributed by atoms with van der Waals surface area (Å²) in [5.41, 5.74) is 0.673. The molecule has 0 aromatic carbocycles. The molecule has 3 heterocycles. The molecule has 2 aliphatic rings. The van der Waals surface area contributed by atoms with Crippen LogP contribution < -0.4 is 0 Å². The summed E-state index contributed by atoms with van der Waals surface area (Å²) in [5.74, 6) is -0.0260. The van der Waals surface area contributed by atoms with Crippen LogP contribution in [0.1, 0.15) is 24.2 Å². The van der Waals surface area contributed by atoms with E-state index in [0.29, 0.717) is 44.8 Å². The van der Waals surface area contributed by atoms with Gasteiger partial charge in [0, 0.05) is 44.6 Å². The Morgan fingerprint density at radius 3 is 2.29 bits per heavy atom. The van der Waals surface area contributed by atoms with Crippen LogP contribution in [0, 0.1) is 0 Å². The molecule has 0 bridgehead atoms. The highest BCUT2D eigenvalue weighted by molar-refractivity contribution is 7.86. The molecule has 2 fully saturated rings. The Morgan fingerprint density at radius 2 is 1.75 bits per heavy atom. The zero-order valence-corrected chi connectivity index (χ0v) is 15.6. The predicted molar refractivity (Wildman–Crippen MR) is 92.3 cm³/mol. The van der Waals surface area contributed by atoms with Gasteiger partial charge in [-0.15, -0.1) is 0 Å². The summed E-state index contributed by atoms with van der Waals surface area (Å²) in [6.45, 7) is 6.02. The summed E-state index contributed by atoms with van der Waals surface area (Å²) < 4.78 is 34.3. The fourth-order valence-corrected chi connectivity index (χ4v) is 5.55. The molecule has 0 radical (unpaired) electrons. The van der Waals surface area contributed by atoms with E-state index in [9.17, 15) is 13.2 Å². The first kappa shape index (κ1) is 17.8. The van der Waals surface area contributed by atoms with Crippen molar-refractivity contribution in [2.24, 2.45) is 0 Å². The molecule has 0 saturated carbocycles. The zero-order valence-electron chi connectivity index (χ0n) is 13.9. The minimum Gasteiger partial charge on any atom is -0.373 e. The lowest BCUT2D eigenvalue weighted by atomic mass is 10.2. The number of hydrogen-bond donors (Lipinski definition) is 0. The third-order valence-electron chi connectivity index (χ3n) is 4.33. The number of rotatable bonds is 3. The first-order valence-corrected chi connectivity index (χ1v) is 10.4. The second-order valence-corrected chi connectivity index (χ2v) is 8.99. The van der Waals surface area contributed by atoms with Gasteiger partial charge in [-0.3, -0.25) is 4.79 Å². The Morgan fingerprint density at radius 1 is 1.12 bits per heavy atom. The molecular formula is C15H23N3O4S2. The highest BCUT2D eigenvalue weighted by atomic mass is 32.2. The van der Waals surface area contributed by atoms with Crippen LogP contribution >= 0.6 is 11.3 Å². The molecule has 0 spiro atoms. The van der Waals surface area contributed by atoms with Gasteiger partial charge < -0.3 is 9.64 Å². The van der Waals surface area contributed by atoms with Crippen molar-refractivity contribution in [3.8, 4) is 0 Å². The number of nitrogens with zero attached hydrogens (tertiary/aromatic N) is 3. The molecule has 2 aliphatic heterocycles. The number of ether oxygens (including phenoxy) is 1. The molecule has 7 nitrogen and oxygen atoms in total. The number of amides is 1. The average Bonchev–Trinajstić information content (AvgIpc) is 3.08. The summed E-state index contributed by atoms with van der Waals surface area (Å²) in [5, 5.41) is 3.69. The van der Waals surface area contributed by atoms with Crippen LogP contribution in [-0.4, -0.2) is 79.3 Å². The number of carbonyl (C=O) groups is 1. The van der Waals surface area contributed by atoms with E-state index in [-0.39, 0.29) is 18.1 Å². The number of morpholine rings is 1. The van der Waals surface area contributed by atoms with Crippen molar-refractivity contribution >= 4 is 27.5 Å². The molecule has 1 aromatic heterocycles. The first-order chi connectivity index (χ1) is 11.4. The largest absolute Gasteiger partial charge is 0.373 e. The van der Waals surface area contributed by atoms with Gasteiger partial charge in [-0.1, -0.05) is 0 Å². The Balaban J connectivity index is 1.62. The fraction of sp³-hybridized carbons (Fsp3) is 0.667. The third kappa shape index (κ3) is 3.65. The van der Waals surface area contributed by atoms with Gasteiger partial charge in [0.05, 0.1) is 17.8 Å². The second kappa shape index (κ2) is 7.09. The monoisotopic (exact) mass is 373 g/mol. The maximum absolute atomic E-state index is 12.8. The van der Waals surface area contributed by atoms with Gasteiger partial charge in [-0.25, -0.2) is 0 Å². The predicted octanol–water partition coefficient (Wildman–Crippen LogP) is 0.860. The molecule has 3 rings (SSSR count). The molecule has 24 heavy (non-hydrogen) atoms. The van der Waals surface area contributed by atoms with Crippen LogP contribution in [0.25, 0.3) is 0 Å². The van der Waals surface area contributed by atoms with Crippen LogP contribution in [-0.2, 0) is 14.9 Å². The summed E-state index contributed by atoms with van der Waals surface area (Å²) in [7, 11) is -3.50. The van der Waals surface area contributed by atoms with Crippen molar-refractivity contribution in [3.63, 3.8) is 0 Å². The molecule has 2 unspecified atom stereocenters. The van der Waals surface area contributed by atoms with Crippen molar-refractivity contribution in [2.75, 3.05) is 39.3 Å². The van der Waals surface area contributed by atoms with Crippen LogP contribution in [0.3, 0.4) is 0 Å². The Bertz CT molecular complexity index is 659. The highest BCUT2D eigenvalue weighted by Crippen LogP contribution is 2.19. The summed E-state index contributed by atoms with van der Waals surface area (Å²) in [6.07, 6.45) is -0.213. The molecular weight excluding hydrogens is 350 g/mol. The standard InChI is InChI=1S/C15H23N3O4S2/c1-12-9-18(10-13(2)22-12)24(20,21)17-6-4-16(5-7-17)15(19)14-3-8-23-11-14/h3,8,11-13H,4-7,9-10H2,1-2H3.